The molecule has 1 aliphatic rings. The molecule has 132 valence electrons. The van der Waals surface area contributed by atoms with E-state index in [1.165, 1.54) is 19.9 Å². The predicted molar refractivity (Wildman–Crippen MR) is 90.3 cm³/mol. The molecule has 0 aromatic heterocycles. The van der Waals surface area contributed by atoms with Crippen LogP contribution in [-0.2, 0) is 19.1 Å². The molecule has 1 heterocycles. The van der Waals surface area contributed by atoms with Gasteiger partial charge in [-0.05, 0) is 43.0 Å². The van der Waals surface area contributed by atoms with Gasteiger partial charge < -0.3 is 14.2 Å². The van der Waals surface area contributed by atoms with Gasteiger partial charge in [0.2, 0.25) is 0 Å². The largest absolute Gasteiger partial charge is 0.494 e. The number of carbonyl (C=O) groups excluding carboxylic acids is 2. The molecule has 1 fully saturated rings. The molecule has 0 amide bonds. The first-order valence-corrected chi connectivity index (χ1v) is 8.19. The summed E-state index contributed by atoms with van der Waals surface area (Å²) in [4.78, 5) is 23.9. The number of hydrogen-bond donors (Lipinski definition) is 0. The molecule has 0 bridgehead atoms. The first-order chi connectivity index (χ1) is 11.9. The highest BCUT2D eigenvalue weighted by Crippen LogP contribution is 2.25. The Morgan fingerprint density at radius 3 is 2.56 bits per heavy atom. The van der Waals surface area contributed by atoms with Crippen LogP contribution in [0.5, 0.6) is 5.75 Å². The lowest BCUT2D eigenvalue weighted by Crippen LogP contribution is -2.41. The molecule has 25 heavy (non-hydrogen) atoms. The summed E-state index contributed by atoms with van der Waals surface area (Å²) in [6.45, 7) is 3.55. The van der Waals surface area contributed by atoms with Gasteiger partial charge in [0.25, 0.3) is 5.79 Å². The Balaban J connectivity index is 1.98. The molecule has 2 rings (SSSR count). The molecular formula is C19H21NO5. The Morgan fingerprint density at radius 1 is 1.16 bits per heavy atom. The van der Waals surface area contributed by atoms with Crippen molar-refractivity contribution in [2.75, 3.05) is 6.61 Å². The maximum absolute atomic E-state index is 12.0. The van der Waals surface area contributed by atoms with E-state index >= 15 is 0 Å². The summed E-state index contributed by atoms with van der Waals surface area (Å²) in [5, 5.41) is 8.48. The molecule has 0 radical (unpaired) electrons. The van der Waals surface area contributed by atoms with Crippen LogP contribution in [0.2, 0.25) is 0 Å². The number of nitriles is 1. The van der Waals surface area contributed by atoms with Crippen LogP contribution >= 0.6 is 0 Å². The lowest BCUT2D eigenvalue weighted by molar-refractivity contribution is -0.222. The molecule has 0 N–H and O–H groups in total. The van der Waals surface area contributed by atoms with Crippen molar-refractivity contribution in [3.63, 3.8) is 0 Å². The molecule has 6 heteroatoms. The van der Waals surface area contributed by atoms with E-state index in [2.05, 4.69) is 6.07 Å². The van der Waals surface area contributed by atoms with Crippen molar-refractivity contribution in [3.8, 4) is 11.8 Å². The number of esters is 2. The summed E-state index contributed by atoms with van der Waals surface area (Å²) in [6.07, 6.45) is 4.66. The van der Waals surface area contributed by atoms with E-state index in [1.54, 1.807) is 24.3 Å². The molecule has 0 unspecified atom stereocenters. The molecule has 0 aliphatic carbocycles. The quantitative estimate of drug-likeness (QED) is 0.326. The van der Waals surface area contributed by atoms with Crippen LogP contribution in [-0.4, -0.2) is 24.3 Å². The van der Waals surface area contributed by atoms with Crippen molar-refractivity contribution in [1.82, 2.24) is 0 Å². The van der Waals surface area contributed by atoms with Gasteiger partial charge in [-0.25, -0.2) is 9.59 Å². The predicted octanol–water partition coefficient (Wildman–Crippen LogP) is 3.37. The average molecular weight is 343 g/mol. The van der Waals surface area contributed by atoms with Gasteiger partial charge in [0.05, 0.1) is 12.7 Å². The number of cyclic esters (lactones) is 2. The first kappa shape index (κ1) is 18.5. The summed E-state index contributed by atoms with van der Waals surface area (Å²) < 4.78 is 15.8. The van der Waals surface area contributed by atoms with E-state index < -0.39 is 17.7 Å². The van der Waals surface area contributed by atoms with Crippen LogP contribution in [0.4, 0.5) is 0 Å². The minimum atomic E-state index is -1.25. The lowest BCUT2D eigenvalue weighted by Gasteiger charge is -2.29. The van der Waals surface area contributed by atoms with E-state index in [4.69, 9.17) is 19.5 Å². The van der Waals surface area contributed by atoms with Gasteiger partial charge in [-0.3, -0.25) is 0 Å². The van der Waals surface area contributed by atoms with E-state index in [0.29, 0.717) is 24.3 Å². The molecule has 1 aromatic rings. The number of ether oxygens (including phenoxy) is 3. The first-order valence-electron chi connectivity index (χ1n) is 8.19. The number of unbranched alkanes of at least 4 members (excludes halogenated alkanes) is 3. The van der Waals surface area contributed by atoms with Gasteiger partial charge in [-0.2, -0.15) is 5.26 Å². The molecular weight excluding hydrogens is 322 g/mol. The van der Waals surface area contributed by atoms with Crippen molar-refractivity contribution in [3.05, 3.63) is 35.4 Å². The summed E-state index contributed by atoms with van der Waals surface area (Å²) in [5.41, 5.74) is 0.499. The highest BCUT2D eigenvalue weighted by molar-refractivity contribution is 6.18. The highest BCUT2D eigenvalue weighted by atomic mass is 16.7. The van der Waals surface area contributed by atoms with E-state index in [1.807, 2.05) is 0 Å². The zero-order chi connectivity index (χ0) is 18.3. The second kappa shape index (κ2) is 8.34. The van der Waals surface area contributed by atoms with Crippen molar-refractivity contribution < 1.29 is 23.8 Å². The summed E-state index contributed by atoms with van der Waals surface area (Å²) in [7, 11) is 0. The fourth-order valence-corrected chi connectivity index (χ4v) is 2.31. The topological polar surface area (TPSA) is 85.6 Å². The van der Waals surface area contributed by atoms with Gasteiger partial charge in [-0.15, -0.1) is 0 Å². The molecule has 1 saturated heterocycles. The number of carbonyl (C=O) groups is 2. The third-order valence-electron chi connectivity index (χ3n) is 3.49. The number of benzene rings is 1. The molecule has 0 atom stereocenters. The number of rotatable bonds is 7. The Kier molecular flexibility index (Phi) is 6.18. The minimum Gasteiger partial charge on any atom is -0.494 e. The van der Waals surface area contributed by atoms with Crippen LogP contribution in [0.3, 0.4) is 0 Å². The molecule has 6 nitrogen and oxygen atoms in total. The Morgan fingerprint density at radius 2 is 1.88 bits per heavy atom. The van der Waals surface area contributed by atoms with Gasteiger partial charge >= 0.3 is 11.9 Å². The smallest absolute Gasteiger partial charge is 0.348 e. The van der Waals surface area contributed by atoms with Crippen molar-refractivity contribution in [2.24, 2.45) is 0 Å². The maximum Gasteiger partial charge on any atom is 0.348 e. The zero-order valence-electron chi connectivity index (χ0n) is 14.4. The minimum absolute atomic E-state index is 0.145. The Bertz CT molecular complexity index is 693. The van der Waals surface area contributed by atoms with E-state index in [0.717, 1.165) is 19.3 Å². The van der Waals surface area contributed by atoms with Gasteiger partial charge in [0.15, 0.2) is 0 Å². The lowest BCUT2D eigenvalue weighted by atomic mass is 10.1. The fourth-order valence-electron chi connectivity index (χ4n) is 2.31. The zero-order valence-corrected chi connectivity index (χ0v) is 14.4. The van der Waals surface area contributed by atoms with Crippen molar-refractivity contribution in [1.29, 1.82) is 5.26 Å². The summed E-state index contributed by atoms with van der Waals surface area (Å²) >= 11 is 0. The van der Waals surface area contributed by atoms with Crippen LogP contribution in [0.25, 0.3) is 6.08 Å². The maximum atomic E-state index is 12.0. The summed E-state index contributed by atoms with van der Waals surface area (Å²) in [6, 6.07) is 9.19. The summed E-state index contributed by atoms with van der Waals surface area (Å²) in [5.74, 6) is -2.01. The standard InChI is InChI=1S/C19H21NO5/c1-19(2)24-17(21)16(18(22)25-19)13-14-8-7-9-15(12-14)23-11-6-4-3-5-10-20/h7-9,12-13H,3-6,11H2,1-2H3. The third-order valence-corrected chi connectivity index (χ3v) is 3.49. The van der Waals surface area contributed by atoms with Gasteiger partial charge in [0.1, 0.15) is 11.3 Å². The van der Waals surface area contributed by atoms with E-state index in [9.17, 15) is 9.59 Å². The molecule has 1 aromatic carbocycles. The number of hydrogen-bond acceptors (Lipinski definition) is 6. The average Bonchev–Trinajstić information content (AvgIpc) is 2.54. The highest BCUT2D eigenvalue weighted by Gasteiger charge is 2.38. The molecule has 1 aliphatic heterocycles. The molecule has 0 saturated carbocycles. The Hall–Kier alpha value is -2.81. The van der Waals surface area contributed by atoms with Crippen LogP contribution < -0.4 is 4.74 Å². The van der Waals surface area contributed by atoms with Gasteiger partial charge in [-0.1, -0.05) is 12.1 Å². The fraction of sp³-hybridized carbons (Fsp3) is 0.421. The monoisotopic (exact) mass is 343 g/mol. The van der Waals surface area contributed by atoms with E-state index in [-0.39, 0.29) is 5.57 Å². The van der Waals surface area contributed by atoms with Crippen LogP contribution in [0.15, 0.2) is 29.8 Å². The SMILES string of the molecule is CC1(C)OC(=O)C(=Cc2cccc(OCCCCCC#N)c2)C(=O)O1. The van der Waals surface area contributed by atoms with Crippen LogP contribution in [0, 0.1) is 11.3 Å². The molecule has 0 spiro atoms. The Labute approximate surface area is 147 Å². The number of nitrogens with zero attached hydrogens (tertiary/aromatic N) is 1. The van der Waals surface area contributed by atoms with Crippen molar-refractivity contribution in [2.45, 2.75) is 45.3 Å². The van der Waals surface area contributed by atoms with Crippen LogP contribution in [0.1, 0.15) is 45.1 Å². The third kappa shape index (κ3) is 5.64. The van der Waals surface area contributed by atoms with Gasteiger partial charge in [0, 0.05) is 20.3 Å². The normalized spacial score (nSPS) is 15.8. The second-order valence-corrected chi connectivity index (χ2v) is 6.13. The van der Waals surface area contributed by atoms with Crippen molar-refractivity contribution >= 4 is 18.0 Å². The second-order valence-electron chi connectivity index (χ2n) is 6.13.